The zero-order valence-electron chi connectivity index (χ0n) is 10.5. The summed E-state index contributed by atoms with van der Waals surface area (Å²) in [7, 11) is -3.44. The Balaban J connectivity index is 2.06. The van der Waals surface area contributed by atoms with Gasteiger partial charge in [0.1, 0.15) is 0 Å². The van der Waals surface area contributed by atoms with E-state index in [4.69, 9.17) is 0 Å². The molecule has 2 rings (SSSR count). The molecule has 1 aromatic rings. The van der Waals surface area contributed by atoms with E-state index < -0.39 is 10.0 Å². The average molecular weight is 267 g/mol. The molecule has 1 fully saturated rings. The van der Waals surface area contributed by atoms with Crippen molar-refractivity contribution in [2.24, 2.45) is 11.8 Å². The number of rotatable bonds is 5. The van der Waals surface area contributed by atoms with Crippen LogP contribution in [0.5, 0.6) is 0 Å². The molecule has 0 radical (unpaired) electrons. The molecule has 0 aliphatic heterocycles. The second-order valence-corrected chi connectivity index (χ2v) is 6.67. The van der Waals surface area contributed by atoms with Gasteiger partial charge in [-0.05, 0) is 37.3 Å². The molecule has 18 heavy (non-hydrogen) atoms. The molecule has 98 valence electrons. The minimum Gasteiger partial charge on any atom is -0.295 e. The Kier molecular flexibility index (Phi) is 3.54. The molecule has 4 nitrogen and oxygen atoms in total. The first-order chi connectivity index (χ1) is 8.40. The molecule has 0 aromatic heterocycles. The van der Waals surface area contributed by atoms with Gasteiger partial charge >= 0.3 is 0 Å². The largest absolute Gasteiger partial charge is 0.295 e. The van der Waals surface area contributed by atoms with Gasteiger partial charge in [-0.2, -0.15) is 0 Å². The SMILES string of the molecule is CC(=O)c1ccc(S(=O)(=O)NCC2CC2C)cc1. The van der Waals surface area contributed by atoms with Crippen molar-refractivity contribution in [1.82, 2.24) is 4.72 Å². The van der Waals surface area contributed by atoms with Crippen LogP contribution in [-0.4, -0.2) is 20.7 Å². The van der Waals surface area contributed by atoms with Gasteiger partial charge in [0.25, 0.3) is 0 Å². The van der Waals surface area contributed by atoms with Gasteiger partial charge in [0.05, 0.1) is 4.90 Å². The molecular weight excluding hydrogens is 250 g/mol. The van der Waals surface area contributed by atoms with Crippen LogP contribution in [0.4, 0.5) is 0 Å². The second kappa shape index (κ2) is 4.82. The first-order valence-electron chi connectivity index (χ1n) is 6.01. The van der Waals surface area contributed by atoms with Gasteiger partial charge in [-0.15, -0.1) is 0 Å². The highest BCUT2D eigenvalue weighted by molar-refractivity contribution is 7.89. The van der Waals surface area contributed by atoms with Crippen molar-refractivity contribution >= 4 is 15.8 Å². The molecule has 0 heterocycles. The van der Waals surface area contributed by atoms with Crippen LogP contribution >= 0.6 is 0 Å². The summed E-state index contributed by atoms with van der Waals surface area (Å²) in [6, 6.07) is 6.01. The number of sulfonamides is 1. The Morgan fingerprint density at radius 2 is 1.89 bits per heavy atom. The number of carbonyl (C=O) groups excluding carboxylic acids is 1. The molecule has 5 heteroatoms. The third-order valence-corrected chi connectivity index (χ3v) is 4.82. The quantitative estimate of drug-likeness (QED) is 0.828. The lowest BCUT2D eigenvalue weighted by atomic mass is 10.2. The molecule has 2 unspecified atom stereocenters. The Morgan fingerprint density at radius 1 is 1.33 bits per heavy atom. The van der Waals surface area contributed by atoms with Crippen molar-refractivity contribution in [3.8, 4) is 0 Å². The molecular formula is C13H17NO3S. The minimum atomic E-state index is -3.44. The van der Waals surface area contributed by atoms with Crippen LogP contribution in [0.3, 0.4) is 0 Å². The van der Waals surface area contributed by atoms with Crippen LogP contribution in [0, 0.1) is 11.8 Å². The molecule has 0 amide bonds. The van der Waals surface area contributed by atoms with E-state index in [1.54, 1.807) is 0 Å². The van der Waals surface area contributed by atoms with Crippen LogP contribution in [-0.2, 0) is 10.0 Å². The predicted molar refractivity (Wildman–Crippen MR) is 68.9 cm³/mol. The van der Waals surface area contributed by atoms with Crippen LogP contribution in [0.2, 0.25) is 0 Å². The molecule has 1 aromatic carbocycles. The second-order valence-electron chi connectivity index (χ2n) is 4.91. The predicted octanol–water partition coefficient (Wildman–Crippen LogP) is 1.82. The summed E-state index contributed by atoms with van der Waals surface area (Å²) in [6.45, 7) is 4.06. The Morgan fingerprint density at radius 3 is 2.33 bits per heavy atom. The van der Waals surface area contributed by atoms with E-state index in [0.29, 0.717) is 23.9 Å². The fraction of sp³-hybridized carbons (Fsp3) is 0.462. The summed E-state index contributed by atoms with van der Waals surface area (Å²) in [5.41, 5.74) is 0.518. The van der Waals surface area contributed by atoms with Gasteiger partial charge < -0.3 is 0 Å². The van der Waals surface area contributed by atoms with Crippen LogP contribution < -0.4 is 4.72 Å². The van der Waals surface area contributed by atoms with Crippen molar-refractivity contribution < 1.29 is 13.2 Å². The molecule has 2 atom stereocenters. The Hall–Kier alpha value is -1.20. The normalized spacial score (nSPS) is 22.8. The maximum absolute atomic E-state index is 12.0. The lowest BCUT2D eigenvalue weighted by Crippen LogP contribution is -2.26. The van der Waals surface area contributed by atoms with Crippen molar-refractivity contribution in [3.05, 3.63) is 29.8 Å². The maximum Gasteiger partial charge on any atom is 0.240 e. The fourth-order valence-corrected chi connectivity index (χ4v) is 2.95. The zero-order chi connectivity index (χ0) is 13.3. The third-order valence-electron chi connectivity index (χ3n) is 3.38. The van der Waals surface area contributed by atoms with Crippen LogP contribution in [0.15, 0.2) is 29.2 Å². The highest BCUT2D eigenvalue weighted by atomic mass is 32.2. The van der Waals surface area contributed by atoms with E-state index in [1.807, 2.05) is 0 Å². The van der Waals surface area contributed by atoms with Gasteiger partial charge in [-0.3, -0.25) is 4.79 Å². The van der Waals surface area contributed by atoms with E-state index in [9.17, 15) is 13.2 Å². The highest BCUT2D eigenvalue weighted by Crippen LogP contribution is 2.37. The van der Waals surface area contributed by atoms with E-state index in [1.165, 1.54) is 31.2 Å². The summed E-state index contributed by atoms with van der Waals surface area (Å²) in [6.07, 6.45) is 1.09. The van der Waals surface area contributed by atoms with E-state index in [2.05, 4.69) is 11.6 Å². The summed E-state index contributed by atoms with van der Waals surface area (Å²) in [5.74, 6) is 1.02. The summed E-state index contributed by atoms with van der Waals surface area (Å²) < 4.78 is 26.5. The van der Waals surface area contributed by atoms with E-state index >= 15 is 0 Å². The topological polar surface area (TPSA) is 63.2 Å². The lowest BCUT2D eigenvalue weighted by molar-refractivity contribution is 0.101. The molecule has 1 saturated carbocycles. The summed E-state index contributed by atoms with van der Waals surface area (Å²) in [5, 5.41) is 0. The first kappa shape index (κ1) is 13.2. The Bertz CT molecular complexity index is 548. The van der Waals surface area contributed by atoms with Crippen molar-refractivity contribution in [2.45, 2.75) is 25.2 Å². The minimum absolute atomic E-state index is 0.0706. The van der Waals surface area contributed by atoms with Gasteiger partial charge in [-0.25, -0.2) is 13.1 Å². The van der Waals surface area contributed by atoms with Gasteiger partial charge in [-0.1, -0.05) is 19.1 Å². The number of hydrogen-bond donors (Lipinski definition) is 1. The molecule has 1 aliphatic rings. The number of hydrogen-bond acceptors (Lipinski definition) is 3. The summed E-state index contributed by atoms with van der Waals surface area (Å²) in [4.78, 5) is 11.3. The van der Waals surface area contributed by atoms with E-state index in [0.717, 1.165) is 6.42 Å². The zero-order valence-corrected chi connectivity index (χ0v) is 11.3. The van der Waals surface area contributed by atoms with Crippen molar-refractivity contribution in [3.63, 3.8) is 0 Å². The first-order valence-corrected chi connectivity index (χ1v) is 7.49. The standard InChI is InChI=1S/C13H17NO3S/c1-9-7-12(9)8-14-18(16,17)13-5-3-11(4-6-13)10(2)15/h3-6,9,12,14H,7-8H2,1-2H3. The fourth-order valence-electron chi connectivity index (χ4n) is 1.85. The summed E-state index contributed by atoms with van der Waals surface area (Å²) >= 11 is 0. The average Bonchev–Trinajstić information content (AvgIpc) is 3.03. The molecule has 1 N–H and O–H groups in total. The van der Waals surface area contributed by atoms with Gasteiger partial charge in [0.2, 0.25) is 10.0 Å². The molecule has 0 saturated heterocycles. The maximum atomic E-state index is 12.0. The molecule has 0 spiro atoms. The monoisotopic (exact) mass is 267 g/mol. The van der Waals surface area contributed by atoms with Crippen LogP contribution in [0.1, 0.15) is 30.6 Å². The van der Waals surface area contributed by atoms with Crippen molar-refractivity contribution in [2.75, 3.05) is 6.54 Å². The van der Waals surface area contributed by atoms with E-state index in [-0.39, 0.29) is 10.7 Å². The third kappa shape index (κ3) is 2.97. The highest BCUT2D eigenvalue weighted by Gasteiger charge is 2.33. The van der Waals surface area contributed by atoms with Crippen molar-refractivity contribution in [1.29, 1.82) is 0 Å². The Labute approximate surface area is 107 Å². The number of nitrogens with one attached hydrogen (secondary N) is 1. The smallest absolute Gasteiger partial charge is 0.240 e. The lowest BCUT2D eigenvalue weighted by Gasteiger charge is -2.06. The molecule has 0 bridgehead atoms. The van der Waals surface area contributed by atoms with Gasteiger partial charge in [0, 0.05) is 12.1 Å². The number of Topliss-reactive ketones (excluding diaryl/α,β-unsaturated/α-hetero) is 1. The van der Waals surface area contributed by atoms with Gasteiger partial charge in [0.15, 0.2) is 5.78 Å². The van der Waals surface area contributed by atoms with Crippen LogP contribution in [0.25, 0.3) is 0 Å². The molecule has 1 aliphatic carbocycles. The number of benzene rings is 1. The number of carbonyl (C=O) groups is 1. The number of ketones is 1.